The highest BCUT2D eigenvalue weighted by Gasteiger charge is 2.23. The molecule has 5 rings (SSSR count). The molecule has 1 aliphatic rings. The van der Waals surface area contributed by atoms with Crippen molar-refractivity contribution in [1.29, 1.82) is 0 Å². The van der Waals surface area contributed by atoms with Gasteiger partial charge in [0.1, 0.15) is 0 Å². The lowest BCUT2D eigenvalue weighted by Crippen LogP contribution is -2.27. The van der Waals surface area contributed by atoms with Gasteiger partial charge < -0.3 is 10.6 Å². The van der Waals surface area contributed by atoms with E-state index in [0.29, 0.717) is 6.42 Å². The third-order valence-corrected chi connectivity index (χ3v) is 6.41. The number of rotatable bonds is 5. The van der Waals surface area contributed by atoms with Gasteiger partial charge in [-0.3, -0.25) is 9.36 Å². The van der Waals surface area contributed by atoms with Crippen LogP contribution in [-0.2, 0) is 25.9 Å². The molecule has 4 nitrogen and oxygen atoms in total. The lowest BCUT2D eigenvalue weighted by atomic mass is 10.0. The highest BCUT2D eigenvalue weighted by atomic mass is 79.9. The summed E-state index contributed by atoms with van der Waals surface area (Å²) in [4.78, 5) is 13.3. The quantitative estimate of drug-likeness (QED) is 0.399. The molecule has 5 heteroatoms. The first-order chi connectivity index (χ1) is 15.2. The molecule has 0 aliphatic carbocycles. The fraction of sp³-hybridized carbons (Fsp3) is 0.192. The third-order valence-electron chi connectivity index (χ3n) is 5.88. The Morgan fingerprint density at radius 1 is 1.00 bits per heavy atom. The van der Waals surface area contributed by atoms with Gasteiger partial charge >= 0.3 is 0 Å². The molecular formula is C26H24BrN3O. The molecule has 0 fully saturated rings. The Morgan fingerprint density at radius 2 is 1.81 bits per heavy atom. The monoisotopic (exact) mass is 473 g/mol. The fourth-order valence-electron chi connectivity index (χ4n) is 4.34. The molecule has 2 N–H and O–H groups in total. The van der Waals surface area contributed by atoms with Gasteiger partial charge in [0.2, 0.25) is 5.91 Å². The third kappa shape index (κ3) is 4.16. The van der Waals surface area contributed by atoms with Gasteiger partial charge in [-0.1, -0.05) is 58.4 Å². The minimum atomic E-state index is 0.122. The molecule has 1 aromatic heterocycles. The zero-order valence-electron chi connectivity index (χ0n) is 17.2. The molecule has 4 aromatic rings. The molecule has 0 spiro atoms. The number of carbonyl (C=O) groups is 1. The van der Waals surface area contributed by atoms with E-state index in [0.717, 1.165) is 53.0 Å². The van der Waals surface area contributed by atoms with Crippen molar-refractivity contribution >= 4 is 38.4 Å². The first kappa shape index (κ1) is 20.0. The predicted octanol–water partition coefficient (Wildman–Crippen LogP) is 5.54. The molecule has 0 amide bonds. The second-order valence-electron chi connectivity index (χ2n) is 7.96. The Hall–Kier alpha value is -2.89. The number of anilines is 1. The average molecular weight is 474 g/mol. The summed E-state index contributed by atoms with van der Waals surface area (Å²) in [7, 11) is 0. The number of fused-ring (bicyclic) bond motifs is 3. The number of nitrogens with zero attached hydrogens (tertiary/aromatic N) is 1. The van der Waals surface area contributed by atoms with E-state index in [-0.39, 0.29) is 5.91 Å². The molecule has 0 saturated heterocycles. The second kappa shape index (κ2) is 8.69. The van der Waals surface area contributed by atoms with Crippen LogP contribution < -0.4 is 10.6 Å². The van der Waals surface area contributed by atoms with Crippen molar-refractivity contribution in [3.05, 3.63) is 99.7 Å². The topological polar surface area (TPSA) is 46.1 Å². The highest BCUT2D eigenvalue weighted by molar-refractivity contribution is 9.10. The smallest absolute Gasteiger partial charge is 0.235 e. The Balaban J connectivity index is 1.47. The van der Waals surface area contributed by atoms with Crippen LogP contribution in [0.15, 0.2) is 77.3 Å². The summed E-state index contributed by atoms with van der Waals surface area (Å²) in [6.07, 6.45) is 1.34. The zero-order chi connectivity index (χ0) is 21.2. The lowest BCUT2D eigenvalue weighted by molar-refractivity contribution is 0.0915. The van der Waals surface area contributed by atoms with Gasteiger partial charge in [-0.2, -0.15) is 0 Å². The van der Waals surface area contributed by atoms with Gasteiger partial charge in [-0.05, 0) is 60.0 Å². The van der Waals surface area contributed by atoms with Crippen LogP contribution in [0.5, 0.6) is 0 Å². The average Bonchev–Trinajstić information content (AvgIpc) is 3.13. The second-order valence-corrected chi connectivity index (χ2v) is 8.87. The maximum Gasteiger partial charge on any atom is 0.235 e. The van der Waals surface area contributed by atoms with Crippen molar-refractivity contribution in [2.45, 2.75) is 25.9 Å². The Labute approximate surface area is 190 Å². The van der Waals surface area contributed by atoms with Crippen molar-refractivity contribution in [2.75, 3.05) is 11.9 Å². The maximum absolute atomic E-state index is 13.3. The number of nitrogens with one attached hydrogen (secondary N) is 2. The first-order valence-corrected chi connectivity index (χ1v) is 11.4. The Bertz CT molecular complexity index is 1230. The van der Waals surface area contributed by atoms with Gasteiger partial charge in [0.05, 0.1) is 11.9 Å². The van der Waals surface area contributed by atoms with Crippen LogP contribution in [-0.4, -0.2) is 17.0 Å². The SMILES string of the molecule is O=C(Cc1ccccc1)n1c2c(c3cc(NCc4ccc(Br)cc4)ccc31)CCNC2. The largest absolute Gasteiger partial charge is 0.381 e. The van der Waals surface area contributed by atoms with Crippen molar-refractivity contribution in [3.63, 3.8) is 0 Å². The van der Waals surface area contributed by atoms with Crippen LogP contribution in [0.25, 0.3) is 10.9 Å². The van der Waals surface area contributed by atoms with Crippen molar-refractivity contribution in [3.8, 4) is 0 Å². The van der Waals surface area contributed by atoms with Crippen LogP contribution in [0.1, 0.15) is 27.2 Å². The molecule has 0 saturated carbocycles. The molecule has 0 radical (unpaired) electrons. The summed E-state index contributed by atoms with van der Waals surface area (Å²) in [5.41, 5.74) is 6.74. The summed E-state index contributed by atoms with van der Waals surface area (Å²) in [5, 5.41) is 8.15. The van der Waals surface area contributed by atoms with Gasteiger partial charge in [-0.15, -0.1) is 0 Å². The maximum atomic E-state index is 13.3. The van der Waals surface area contributed by atoms with Gasteiger partial charge in [0.15, 0.2) is 0 Å². The molecule has 156 valence electrons. The van der Waals surface area contributed by atoms with E-state index in [1.54, 1.807) is 0 Å². The number of benzene rings is 3. The van der Waals surface area contributed by atoms with Crippen LogP contribution in [0.2, 0.25) is 0 Å². The minimum absolute atomic E-state index is 0.122. The molecule has 3 aromatic carbocycles. The van der Waals surface area contributed by atoms with E-state index < -0.39 is 0 Å². The van der Waals surface area contributed by atoms with Crippen molar-refractivity contribution < 1.29 is 4.79 Å². The van der Waals surface area contributed by atoms with E-state index in [1.807, 2.05) is 34.9 Å². The van der Waals surface area contributed by atoms with Gasteiger partial charge in [-0.25, -0.2) is 0 Å². The number of aromatic nitrogens is 1. The summed E-state index contributed by atoms with van der Waals surface area (Å²) in [6.45, 7) is 2.43. The molecule has 0 unspecified atom stereocenters. The summed E-state index contributed by atoms with van der Waals surface area (Å²) >= 11 is 3.48. The Kier molecular flexibility index (Phi) is 5.62. The fourth-order valence-corrected chi connectivity index (χ4v) is 4.61. The molecule has 0 atom stereocenters. The van der Waals surface area contributed by atoms with Crippen molar-refractivity contribution in [1.82, 2.24) is 9.88 Å². The molecule has 31 heavy (non-hydrogen) atoms. The first-order valence-electron chi connectivity index (χ1n) is 10.6. The van der Waals surface area contributed by atoms with Crippen LogP contribution in [0.4, 0.5) is 5.69 Å². The van der Waals surface area contributed by atoms with Crippen LogP contribution >= 0.6 is 15.9 Å². The molecule has 1 aliphatic heterocycles. The normalized spacial score (nSPS) is 13.2. The van der Waals surface area contributed by atoms with Gasteiger partial charge in [0, 0.05) is 34.3 Å². The van der Waals surface area contributed by atoms with Crippen LogP contribution in [0.3, 0.4) is 0 Å². The van der Waals surface area contributed by atoms with E-state index in [9.17, 15) is 4.79 Å². The Morgan fingerprint density at radius 3 is 2.61 bits per heavy atom. The molecule has 0 bridgehead atoms. The number of hydrogen-bond acceptors (Lipinski definition) is 3. The van der Waals surface area contributed by atoms with Crippen molar-refractivity contribution in [2.24, 2.45) is 0 Å². The number of hydrogen-bond donors (Lipinski definition) is 2. The minimum Gasteiger partial charge on any atom is -0.381 e. The van der Waals surface area contributed by atoms with E-state index in [4.69, 9.17) is 0 Å². The lowest BCUT2D eigenvalue weighted by Gasteiger charge is -2.16. The van der Waals surface area contributed by atoms with E-state index in [2.05, 4.69) is 69.0 Å². The molecular weight excluding hydrogens is 450 g/mol. The number of carbonyl (C=O) groups excluding carboxylic acids is 1. The summed E-state index contributed by atoms with van der Waals surface area (Å²) < 4.78 is 3.02. The van der Waals surface area contributed by atoms with Gasteiger partial charge in [0.25, 0.3) is 0 Å². The number of halogens is 1. The summed E-state index contributed by atoms with van der Waals surface area (Å²) in [5.74, 6) is 0.122. The van der Waals surface area contributed by atoms with E-state index in [1.165, 1.54) is 16.5 Å². The predicted molar refractivity (Wildman–Crippen MR) is 130 cm³/mol. The molecule has 2 heterocycles. The van der Waals surface area contributed by atoms with Crippen LogP contribution in [0, 0.1) is 0 Å². The standard InChI is InChI=1S/C26H24BrN3O/c27-20-8-6-19(7-9-20)16-29-21-10-11-24-23(15-21)22-12-13-28-17-25(22)30(24)26(31)14-18-4-2-1-3-5-18/h1-11,15,28-29H,12-14,16-17H2. The van der Waals surface area contributed by atoms with E-state index >= 15 is 0 Å². The summed E-state index contributed by atoms with van der Waals surface area (Å²) in [6, 6.07) is 24.7. The zero-order valence-corrected chi connectivity index (χ0v) is 18.8. The highest BCUT2D eigenvalue weighted by Crippen LogP contribution is 2.31.